The minimum Gasteiger partial charge on any atom is -0.475 e. The number of benzene rings is 1. The lowest BCUT2D eigenvalue weighted by Crippen LogP contribution is -2.18. The number of nitrogen functional groups attached to an aromatic ring is 1. The van der Waals surface area contributed by atoms with Gasteiger partial charge in [0.25, 0.3) is 5.91 Å². The number of anilines is 1. The van der Waals surface area contributed by atoms with Crippen LogP contribution in [0.1, 0.15) is 24.3 Å². The van der Waals surface area contributed by atoms with Crippen LogP contribution in [0.15, 0.2) is 48.7 Å². The van der Waals surface area contributed by atoms with E-state index in [1.807, 2.05) is 50.2 Å². The first kappa shape index (κ1) is 17.3. The zero-order chi connectivity index (χ0) is 18.7. The van der Waals surface area contributed by atoms with E-state index in [1.165, 1.54) is 0 Å². The van der Waals surface area contributed by atoms with Crippen molar-refractivity contribution >= 4 is 11.7 Å². The molecular weight excluding hydrogens is 330 g/mol. The molecule has 0 fully saturated rings. The Morgan fingerprint density at radius 2 is 1.69 bits per heavy atom. The third-order valence-electron chi connectivity index (χ3n) is 3.57. The lowest BCUT2D eigenvalue weighted by molar-refractivity contribution is 0.0996. The molecule has 0 spiro atoms. The molecule has 0 saturated heterocycles. The van der Waals surface area contributed by atoms with E-state index in [0.29, 0.717) is 22.8 Å². The Morgan fingerprint density at radius 1 is 1.00 bits per heavy atom. The Morgan fingerprint density at radius 3 is 2.27 bits per heavy atom. The second-order valence-corrected chi connectivity index (χ2v) is 5.94. The first-order valence-electron chi connectivity index (χ1n) is 8.11. The van der Waals surface area contributed by atoms with Crippen molar-refractivity contribution in [2.75, 3.05) is 5.73 Å². The number of nitrogens with zero attached hydrogens (tertiary/aromatic N) is 3. The Kier molecular flexibility index (Phi) is 4.79. The molecule has 4 N–H and O–H groups in total. The van der Waals surface area contributed by atoms with Crippen molar-refractivity contribution in [2.45, 2.75) is 20.0 Å². The fraction of sp³-hybridized carbons (Fsp3) is 0.158. The Labute approximate surface area is 151 Å². The molecule has 0 unspecified atom stereocenters. The summed E-state index contributed by atoms with van der Waals surface area (Å²) in [5.74, 6) is -0.236. The number of primary amides is 1. The van der Waals surface area contributed by atoms with Crippen molar-refractivity contribution in [2.24, 2.45) is 5.73 Å². The molecule has 7 nitrogen and oxygen atoms in total. The number of nitrogens with two attached hydrogens (primary N) is 2. The highest BCUT2D eigenvalue weighted by molar-refractivity contribution is 5.96. The first-order valence-corrected chi connectivity index (χ1v) is 8.11. The van der Waals surface area contributed by atoms with Gasteiger partial charge >= 0.3 is 0 Å². The highest BCUT2D eigenvalue weighted by atomic mass is 16.5. The summed E-state index contributed by atoms with van der Waals surface area (Å²) in [4.78, 5) is 24.7. The smallest absolute Gasteiger partial charge is 0.271 e. The van der Waals surface area contributed by atoms with Gasteiger partial charge in [-0.25, -0.2) is 15.0 Å². The van der Waals surface area contributed by atoms with Gasteiger partial charge in [0, 0.05) is 23.4 Å². The predicted molar refractivity (Wildman–Crippen MR) is 99.4 cm³/mol. The Balaban J connectivity index is 2.14. The SMILES string of the molecule is CC(C)Oc1ccc(-c2nc(C(N)=O)c(N)nc2-c2ccccc2)cn1. The van der Waals surface area contributed by atoms with Crippen LogP contribution >= 0.6 is 0 Å². The summed E-state index contributed by atoms with van der Waals surface area (Å²) in [5, 5.41) is 0. The van der Waals surface area contributed by atoms with Crippen LogP contribution < -0.4 is 16.2 Å². The summed E-state index contributed by atoms with van der Waals surface area (Å²) in [6, 6.07) is 13.0. The second kappa shape index (κ2) is 7.18. The third kappa shape index (κ3) is 3.61. The van der Waals surface area contributed by atoms with Crippen molar-refractivity contribution in [1.29, 1.82) is 0 Å². The van der Waals surface area contributed by atoms with Crippen molar-refractivity contribution < 1.29 is 9.53 Å². The van der Waals surface area contributed by atoms with Gasteiger partial charge in [-0.05, 0) is 19.9 Å². The number of carbonyl (C=O) groups excluding carboxylic acids is 1. The molecule has 3 rings (SSSR count). The Hall–Kier alpha value is -3.48. The molecule has 0 aliphatic carbocycles. The fourth-order valence-electron chi connectivity index (χ4n) is 2.46. The van der Waals surface area contributed by atoms with Crippen molar-refractivity contribution in [3.8, 4) is 28.4 Å². The number of rotatable bonds is 5. The lowest BCUT2D eigenvalue weighted by Gasteiger charge is -2.12. The van der Waals surface area contributed by atoms with Gasteiger partial charge in [-0.2, -0.15) is 0 Å². The quantitative estimate of drug-likeness (QED) is 0.731. The minimum absolute atomic E-state index is 0.00664. The van der Waals surface area contributed by atoms with Gasteiger partial charge in [-0.15, -0.1) is 0 Å². The van der Waals surface area contributed by atoms with Gasteiger partial charge in [-0.3, -0.25) is 4.79 Å². The molecule has 0 saturated carbocycles. The van der Waals surface area contributed by atoms with Gasteiger partial charge in [0.05, 0.1) is 17.5 Å². The van der Waals surface area contributed by atoms with Crippen LogP contribution in [-0.2, 0) is 0 Å². The minimum atomic E-state index is -0.733. The number of carbonyl (C=O) groups is 1. The van der Waals surface area contributed by atoms with Gasteiger partial charge < -0.3 is 16.2 Å². The van der Waals surface area contributed by atoms with Gasteiger partial charge in [0.1, 0.15) is 0 Å². The van der Waals surface area contributed by atoms with Crippen LogP contribution in [-0.4, -0.2) is 27.0 Å². The Bertz CT molecular complexity index is 925. The van der Waals surface area contributed by atoms with E-state index < -0.39 is 5.91 Å². The van der Waals surface area contributed by atoms with E-state index >= 15 is 0 Å². The number of ether oxygens (including phenoxy) is 1. The van der Waals surface area contributed by atoms with E-state index in [1.54, 1.807) is 12.3 Å². The molecule has 0 bridgehead atoms. The molecule has 7 heteroatoms. The monoisotopic (exact) mass is 349 g/mol. The van der Waals surface area contributed by atoms with Gasteiger partial charge in [0.15, 0.2) is 11.5 Å². The largest absolute Gasteiger partial charge is 0.475 e. The third-order valence-corrected chi connectivity index (χ3v) is 3.57. The summed E-state index contributed by atoms with van der Waals surface area (Å²) >= 11 is 0. The molecule has 0 aliphatic heterocycles. The first-order chi connectivity index (χ1) is 12.5. The number of hydrogen-bond acceptors (Lipinski definition) is 6. The van der Waals surface area contributed by atoms with Crippen molar-refractivity contribution in [3.05, 3.63) is 54.4 Å². The van der Waals surface area contributed by atoms with Crippen molar-refractivity contribution in [1.82, 2.24) is 15.0 Å². The average Bonchev–Trinajstić information content (AvgIpc) is 2.62. The molecule has 3 aromatic rings. The summed E-state index contributed by atoms with van der Waals surface area (Å²) in [7, 11) is 0. The number of amides is 1. The molecule has 26 heavy (non-hydrogen) atoms. The summed E-state index contributed by atoms with van der Waals surface area (Å²) in [5.41, 5.74) is 13.7. The van der Waals surface area contributed by atoms with Crippen LogP contribution in [0.2, 0.25) is 0 Å². The molecule has 0 aliphatic rings. The predicted octanol–water partition coefficient (Wildman–Crippen LogP) is 2.67. The maximum absolute atomic E-state index is 11.6. The zero-order valence-electron chi connectivity index (χ0n) is 14.5. The van der Waals surface area contributed by atoms with E-state index in [9.17, 15) is 4.79 Å². The molecule has 1 amide bonds. The summed E-state index contributed by atoms with van der Waals surface area (Å²) < 4.78 is 5.56. The highest BCUT2D eigenvalue weighted by Crippen LogP contribution is 2.30. The molecular formula is C19H19N5O2. The number of hydrogen-bond donors (Lipinski definition) is 2. The number of aromatic nitrogens is 3. The van der Waals surface area contributed by atoms with E-state index in [4.69, 9.17) is 16.2 Å². The van der Waals surface area contributed by atoms with Gasteiger partial charge in [0.2, 0.25) is 5.88 Å². The highest BCUT2D eigenvalue weighted by Gasteiger charge is 2.18. The summed E-state index contributed by atoms with van der Waals surface area (Å²) in [6.07, 6.45) is 1.64. The van der Waals surface area contributed by atoms with Crippen LogP contribution in [0.4, 0.5) is 5.82 Å². The normalized spacial score (nSPS) is 10.7. The molecule has 2 heterocycles. The molecule has 132 valence electrons. The molecule has 0 atom stereocenters. The lowest BCUT2D eigenvalue weighted by atomic mass is 10.0. The standard InChI is InChI=1S/C19H19N5O2/c1-11(2)26-14-9-8-13(10-22-14)16-15(12-6-4-3-5-7-12)24-18(20)17(23-16)19(21)25/h3-11H,1-2H3,(H2,20,24)(H2,21,25). The van der Waals surface area contributed by atoms with Gasteiger partial charge in [-0.1, -0.05) is 30.3 Å². The average molecular weight is 349 g/mol. The summed E-state index contributed by atoms with van der Waals surface area (Å²) in [6.45, 7) is 3.85. The fourth-order valence-corrected chi connectivity index (χ4v) is 2.46. The van der Waals surface area contributed by atoms with Crippen LogP contribution in [0.3, 0.4) is 0 Å². The number of pyridine rings is 1. The maximum Gasteiger partial charge on any atom is 0.271 e. The van der Waals surface area contributed by atoms with Crippen LogP contribution in [0.25, 0.3) is 22.5 Å². The van der Waals surface area contributed by atoms with E-state index in [0.717, 1.165) is 5.56 Å². The molecule has 1 aromatic carbocycles. The van der Waals surface area contributed by atoms with Crippen LogP contribution in [0.5, 0.6) is 5.88 Å². The topological polar surface area (TPSA) is 117 Å². The van der Waals surface area contributed by atoms with Crippen LogP contribution in [0, 0.1) is 0 Å². The van der Waals surface area contributed by atoms with E-state index in [2.05, 4.69) is 15.0 Å². The maximum atomic E-state index is 11.6. The zero-order valence-corrected chi connectivity index (χ0v) is 14.5. The second-order valence-electron chi connectivity index (χ2n) is 5.94. The molecule has 2 aromatic heterocycles. The molecule has 0 radical (unpaired) electrons. The van der Waals surface area contributed by atoms with Crippen molar-refractivity contribution in [3.63, 3.8) is 0 Å². The van der Waals surface area contributed by atoms with E-state index in [-0.39, 0.29) is 17.6 Å².